The Labute approximate surface area is 150 Å². The van der Waals surface area contributed by atoms with Gasteiger partial charge in [-0.05, 0) is 37.3 Å². The molecule has 1 aromatic heterocycles. The van der Waals surface area contributed by atoms with Crippen LogP contribution in [0.1, 0.15) is 41.3 Å². The quantitative estimate of drug-likeness (QED) is 0.656. The van der Waals surface area contributed by atoms with Crippen LogP contribution in [0.2, 0.25) is 0 Å². The fraction of sp³-hybridized carbons (Fsp3) is 0.190. The first-order valence-corrected chi connectivity index (χ1v) is 8.63. The Morgan fingerprint density at radius 1 is 1.08 bits per heavy atom. The van der Waals surface area contributed by atoms with Crippen molar-refractivity contribution >= 4 is 5.71 Å². The standard InChI is InChI=1S/C21H17FN2O2/c1-13-9-10-20(25-13)17-12-18-16-7-2-3-8-19(16)26-21(24(18)23-17)14-5-4-6-15(22)11-14/h2-11,18,21H,12H2,1H3/t18-,21-/m0/s1. The number of aryl methyl sites for hydroxylation is 1. The van der Waals surface area contributed by atoms with Gasteiger partial charge in [0, 0.05) is 17.5 Å². The van der Waals surface area contributed by atoms with Crippen molar-refractivity contribution in [3.63, 3.8) is 0 Å². The third-order valence-electron chi connectivity index (χ3n) is 4.86. The molecule has 0 bridgehead atoms. The van der Waals surface area contributed by atoms with Crippen molar-refractivity contribution < 1.29 is 13.5 Å². The van der Waals surface area contributed by atoms with Crippen LogP contribution in [0, 0.1) is 12.7 Å². The fourth-order valence-electron chi connectivity index (χ4n) is 3.65. The molecule has 3 heterocycles. The minimum Gasteiger partial charge on any atom is -0.464 e. The summed E-state index contributed by atoms with van der Waals surface area (Å²) in [7, 11) is 0. The van der Waals surface area contributed by atoms with Gasteiger partial charge in [0.2, 0.25) is 6.23 Å². The SMILES string of the molecule is Cc1ccc(C2=NN3[C@@H](C2)c2ccccc2O[C@H]3c2cccc(F)c2)o1. The number of fused-ring (bicyclic) bond motifs is 3. The Morgan fingerprint density at radius 2 is 1.96 bits per heavy atom. The number of hydrogen-bond donors (Lipinski definition) is 0. The van der Waals surface area contributed by atoms with E-state index in [-0.39, 0.29) is 11.9 Å². The van der Waals surface area contributed by atoms with E-state index < -0.39 is 6.23 Å². The predicted molar refractivity (Wildman–Crippen MR) is 95.4 cm³/mol. The third-order valence-corrected chi connectivity index (χ3v) is 4.86. The molecule has 130 valence electrons. The first kappa shape index (κ1) is 15.2. The summed E-state index contributed by atoms with van der Waals surface area (Å²) in [5, 5.41) is 6.71. The lowest BCUT2D eigenvalue weighted by molar-refractivity contribution is -0.0192. The number of halogens is 1. The van der Waals surface area contributed by atoms with Gasteiger partial charge in [0.15, 0.2) is 0 Å². The summed E-state index contributed by atoms with van der Waals surface area (Å²) in [6.45, 7) is 1.92. The van der Waals surface area contributed by atoms with Gasteiger partial charge < -0.3 is 9.15 Å². The molecule has 0 radical (unpaired) electrons. The van der Waals surface area contributed by atoms with Crippen molar-refractivity contribution in [1.29, 1.82) is 0 Å². The molecule has 0 saturated carbocycles. The largest absolute Gasteiger partial charge is 0.464 e. The van der Waals surface area contributed by atoms with E-state index in [0.29, 0.717) is 0 Å². The number of hydrogen-bond acceptors (Lipinski definition) is 4. The number of nitrogens with zero attached hydrogens (tertiary/aromatic N) is 2. The van der Waals surface area contributed by atoms with E-state index in [1.54, 1.807) is 6.07 Å². The number of furan rings is 1. The molecule has 26 heavy (non-hydrogen) atoms. The highest BCUT2D eigenvalue weighted by Crippen LogP contribution is 2.47. The second-order valence-corrected chi connectivity index (χ2v) is 6.62. The van der Waals surface area contributed by atoms with Crippen LogP contribution < -0.4 is 4.74 Å². The van der Waals surface area contributed by atoms with Crippen LogP contribution in [-0.4, -0.2) is 10.7 Å². The summed E-state index contributed by atoms with van der Waals surface area (Å²) >= 11 is 0. The van der Waals surface area contributed by atoms with Gasteiger partial charge in [0.05, 0.1) is 6.04 Å². The molecule has 2 aromatic carbocycles. The maximum Gasteiger partial charge on any atom is 0.213 e. The van der Waals surface area contributed by atoms with Crippen molar-refractivity contribution in [2.24, 2.45) is 5.10 Å². The molecule has 3 aromatic rings. The molecule has 0 aliphatic carbocycles. The molecule has 0 spiro atoms. The first-order valence-electron chi connectivity index (χ1n) is 8.63. The minimum atomic E-state index is -0.473. The van der Waals surface area contributed by atoms with E-state index in [9.17, 15) is 4.39 Å². The summed E-state index contributed by atoms with van der Waals surface area (Å²) in [5.41, 5.74) is 2.71. The first-order chi connectivity index (χ1) is 12.7. The average Bonchev–Trinajstić information content (AvgIpc) is 3.27. The molecule has 0 N–H and O–H groups in total. The summed E-state index contributed by atoms with van der Waals surface area (Å²) in [4.78, 5) is 0. The van der Waals surface area contributed by atoms with Gasteiger partial charge >= 0.3 is 0 Å². The van der Waals surface area contributed by atoms with Gasteiger partial charge in [-0.15, -0.1) is 0 Å². The van der Waals surface area contributed by atoms with E-state index >= 15 is 0 Å². The molecule has 0 fully saturated rings. The van der Waals surface area contributed by atoms with Gasteiger partial charge in [0.1, 0.15) is 28.8 Å². The number of benzene rings is 2. The molecule has 0 unspecified atom stereocenters. The topological polar surface area (TPSA) is 38.0 Å². The van der Waals surface area contributed by atoms with Crippen LogP contribution in [0.5, 0.6) is 5.75 Å². The van der Waals surface area contributed by atoms with Crippen LogP contribution in [0.15, 0.2) is 70.2 Å². The summed E-state index contributed by atoms with van der Waals surface area (Å²) < 4.78 is 25.7. The number of para-hydroxylation sites is 1. The Bertz CT molecular complexity index is 1010. The normalized spacial score (nSPS) is 21.0. The zero-order chi connectivity index (χ0) is 17.7. The molecule has 0 saturated heterocycles. The van der Waals surface area contributed by atoms with Crippen molar-refractivity contribution in [2.45, 2.75) is 25.6 Å². The lowest BCUT2D eigenvalue weighted by Gasteiger charge is -2.38. The van der Waals surface area contributed by atoms with Gasteiger partial charge in [0.25, 0.3) is 0 Å². The monoisotopic (exact) mass is 348 g/mol. The maximum atomic E-state index is 13.8. The van der Waals surface area contributed by atoms with Crippen molar-refractivity contribution in [3.05, 3.63) is 89.1 Å². The fourth-order valence-corrected chi connectivity index (χ4v) is 3.65. The Hall–Kier alpha value is -3.08. The lowest BCUT2D eigenvalue weighted by Crippen LogP contribution is -2.33. The van der Waals surface area contributed by atoms with Gasteiger partial charge in [-0.25, -0.2) is 9.40 Å². The van der Waals surface area contributed by atoms with Crippen molar-refractivity contribution in [1.82, 2.24) is 5.01 Å². The molecule has 2 atom stereocenters. The second-order valence-electron chi connectivity index (χ2n) is 6.62. The molecule has 2 aliphatic rings. The summed E-state index contributed by atoms with van der Waals surface area (Å²) in [6.07, 6.45) is 0.248. The van der Waals surface area contributed by atoms with E-state index in [4.69, 9.17) is 14.3 Å². The molecule has 5 heteroatoms. The van der Waals surface area contributed by atoms with Crippen molar-refractivity contribution in [2.75, 3.05) is 0 Å². The Kier molecular flexibility index (Phi) is 3.35. The van der Waals surface area contributed by atoms with Gasteiger partial charge in [-0.2, -0.15) is 5.10 Å². The number of hydrazone groups is 1. The van der Waals surface area contributed by atoms with Crippen LogP contribution in [0.3, 0.4) is 0 Å². The third kappa shape index (κ3) is 2.39. The highest BCUT2D eigenvalue weighted by molar-refractivity contribution is 5.99. The Morgan fingerprint density at radius 3 is 2.77 bits per heavy atom. The lowest BCUT2D eigenvalue weighted by atomic mass is 9.97. The molecule has 5 rings (SSSR count). The van der Waals surface area contributed by atoms with E-state index in [2.05, 4.69) is 6.07 Å². The van der Waals surface area contributed by atoms with E-state index in [0.717, 1.165) is 40.5 Å². The molecule has 2 aliphatic heterocycles. The number of rotatable bonds is 2. The Balaban J connectivity index is 1.61. The van der Waals surface area contributed by atoms with Crippen molar-refractivity contribution in [3.8, 4) is 5.75 Å². The molecular formula is C21H17FN2O2. The molecule has 4 nitrogen and oxygen atoms in total. The summed E-state index contributed by atoms with van der Waals surface area (Å²) in [5.74, 6) is 2.15. The predicted octanol–water partition coefficient (Wildman–Crippen LogP) is 4.97. The molecule has 0 amide bonds. The van der Waals surface area contributed by atoms with Gasteiger partial charge in [-0.3, -0.25) is 0 Å². The number of ether oxygens (including phenoxy) is 1. The average molecular weight is 348 g/mol. The van der Waals surface area contributed by atoms with E-state index in [1.165, 1.54) is 12.1 Å². The van der Waals surface area contributed by atoms with E-state index in [1.807, 2.05) is 48.3 Å². The molecular weight excluding hydrogens is 331 g/mol. The van der Waals surface area contributed by atoms with Crippen LogP contribution >= 0.6 is 0 Å². The highest BCUT2D eigenvalue weighted by atomic mass is 19.1. The second kappa shape index (κ2) is 5.73. The maximum absolute atomic E-state index is 13.8. The van der Waals surface area contributed by atoms with Gasteiger partial charge in [-0.1, -0.05) is 30.3 Å². The smallest absolute Gasteiger partial charge is 0.213 e. The zero-order valence-corrected chi connectivity index (χ0v) is 14.2. The summed E-state index contributed by atoms with van der Waals surface area (Å²) in [6, 6.07) is 18.4. The van der Waals surface area contributed by atoms with Crippen LogP contribution in [-0.2, 0) is 0 Å². The zero-order valence-electron chi connectivity index (χ0n) is 14.2. The van der Waals surface area contributed by atoms with Crippen LogP contribution in [0.25, 0.3) is 0 Å². The minimum absolute atomic E-state index is 0.0358. The highest BCUT2D eigenvalue weighted by Gasteiger charge is 2.41. The van der Waals surface area contributed by atoms with Crippen LogP contribution in [0.4, 0.5) is 4.39 Å².